The lowest BCUT2D eigenvalue weighted by atomic mass is 9.83. The van der Waals surface area contributed by atoms with Gasteiger partial charge in [0.1, 0.15) is 11.3 Å². The van der Waals surface area contributed by atoms with Crippen molar-refractivity contribution in [1.82, 2.24) is 19.5 Å². The van der Waals surface area contributed by atoms with E-state index in [1.54, 1.807) is 23.0 Å². The number of aryl methyl sites for hydroxylation is 2. The minimum Gasteiger partial charge on any atom is -0.481 e. The minimum absolute atomic E-state index is 0.0130. The predicted octanol–water partition coefficient (Wildman–Crippen LogP) is 7.31. The number of aromatic amines is 1. The first-order valence-corrected chi connectivity index (χ1v) is 18.1. The number of thiazole rings is 2. The summed E-state index contributed by atoms with van der Waals surface area (Å²) >= 11 is 7.99. The monoisotopic (exact) mass is 750 g/mol. The molecule has 0 fully saturated rings. The Morgan fingerprint density at radius 1 is 0.962 bits per heavy atom. The van der Waals surface area contributed by atoms with E-state index in [0.717, 1.165) is 56.1 Å². The zero-order chi connectivity index (χ0) is 36.7. The number of carbonyl (C=O) groups excluding carboxylic acids is 2. The largest absolute Gasteiger partial charge is 0.481 e. The van der Waals surface area contributed by atoms with Crippen molar-refractivity contribution in [3.63, 3.8) is 0 Å². The van der Waals surface area contributed by atoms with Gasteiger partial charge in [0, 0.05) is 35.4 Å². The highest BCUT2D eigenvalue weighted by Gasteiger charge is 2.29. The lowest BCUT2D eigenvalue weighted by Gasteiger charge is -2.24. The van der Waals surface area contributed by atoms with E-state index in [-0.39, 0.29) is 45.5 Å². The van der Waals surface area contributed by atoms with Crippen LogP contribution in [-0.2, 0) is 22.7 Å². The van der Waals surface area contributed by atoms with Gasteiger partial charge in [0.25, 0.3) is 5.91 Å². The molecule has 2 N–H and O–H groups in total. The molecule has 0 spiro atoms. The highest BCUT2D eigenvalue weighted by Crippen LogP contribution is 2.40. The molecule has 0 aliphatic heterocycles. The summed E-state index contributed by atoms with van der Waals surface area (Å²) in [5.74, 6) is -2.20. The van der Waals surface area contributed by atoms with Crippen LogP contribution in [0.5, 0.6) is 0 Å². The van der Waals surface area contributed by atoms with Crippen molar-refractivity contribution in [2.75, 3.05) is 9.80 Å². The first-order valence-electron chi connectivity index (χ1n) is 16.0. The van der Waals surface area contributed by atoms with Crippen LogP contribution in [0.4, 0.5) is 16.1 Å². The van der Waals surface area contributed by atoms with Crippen molar-refractivity contribution in [3.05, 3.63) is 137 Å². The molecule has 7 rings (SSSR count). The van der Waals surface area contributed by atoms with Crippen molar-refractivity contribution in [2.45, 2.75) is 39.8 Å². The van der Waals surface area contributed by atoms with Gasteiger partial charge < -0.3 is 9.52 Å². The molecule has 262 valence electrons. The van der Waals surface area contributed by atoms with Crippen LogP contribution in [0.3, 0.4) is 0 Å². The van der Waals surface area contributed by atoms with E-state index in [0.29, 0.717) is 11.3 Å². The van der Waals surface area contributed by atoms with Crippen molar-refractivity contribution in [3.8, 4) is 0 Å². The Balaban J connectivity index is 1.32. The molecular weight excluding hydrogens is 721 g/mol. The first-order chi connectivity index (χ1) is 25.0. The molecule has 1 aliphatic carbocycles. The summed E-state index contributed by atoms with van der Waals surface area (Å²) in [6, 6.07) is 15.6. The Morgan fingerprint density at radius 2 is 1.63 bits per heavy atom. The molecule has 4 aromatic heterocycles. The summed E-state index contributed by atoms with van der Waals surface area (Å²) in [7, 11) is 0. The Kier molecular flexibility index (Phi) is 9.40. The third-order valence-electron chi connectivity index (χ3n) is 8.49. The number of hydrogen-bond donors (Lipinski definition) is 2. The number of nitrogens with zero attached hydrogens (tertiary/aromatic N) is 5. The fraction of sp³-hybridized carbons (Fsp3) is 0.162. The van der Waals surface area contributed by atoms with Gasteiger partial charge in [-0.2, -0.15) is 0 Å². The Labute approximate surface area is 310 Å². The number of aliphatic carboxylic acids is 1. The molecule has 0 unspecified atom stereocenters. The number of hydrogen-bond acceptors (Lipinski definition) is 10. The molecule has 0 radical (unpaired) electrons. The number of aromatic nitrogens is 4. The molecular formula is C37H30N6O6S3. The maximum Gasteiger partial charge on any atom is 0.328 e. The van der Waals surface area contributed by atoms with Crippen molar-refractivity contribution < 1.29 is 23.9 Å². The maximum absolute atomic E-state index is 14.0. The third-order valence-corrected chi connectivity index (χ3v) is 10.6. The number of amides is 2. The molecule has 4 heterocycles. The van der Waals surface area contributed by atoms with Crippen LogP contribution in [0.2, 0.25) is 0 Å². The van der Waals surface area contributed by atoms with Crippen LogP contribution in [-0.4, -0.2) is 42.4 Å². The number of furan rings is 1. The molecule has 2 aromatic carbocycles. The fourth-order valence-corrected chi connectivity index (χ4v) is 8.05. The van der Waals surface area contributed by atoms with Gasteiger partial charge in [-0.05, 0) is 48.2 Å². The predicted molar refractivity (Wildman–Crippen MR) is 202 cm³/mol. The molecule has 1 aliphatic rings. The minimum atomic E-state index is -1.05. The summed E-state index contributed by atoms with van der Waals surface area (Å²) in [5.41, 5.74) is 6.72. The second-order valence-corrected chi connectivity index (χ2v) is 14.3. The van der Waals surface area contributed by atoms with Gasteiger partial charge in [0.05, 0.1) is 18.4 Å². The summed E-state index contributed by atoms with van der Waals surface area (Å²) in [5, 5.41) is 12.7. The summed E-state index contributed by atoms with van der Waals surface area (Å²) < 4.78 is 7.10. The van der Waals surface area contributed by atoms with Gasteiger partial charge in [-0.15, -0.1) is 22.7 Å². The van der Waals surface area contributed by atoms with Crippen molar-refractivity contribution >= 4 is 80.9 Å². The highest BCUT2D eigenvalue weighted by atomic mass is 32.1. The smallest absolute Gasteiger partial charge is 0.328 e. The second kappa shape index (κ2) is 14.1. The Morgan fingerprint density at radius 3 is 2.25 bits per heavy atom. The van der Waals surface area contributed by atoms with Gasteiger partial charge in [-0.1, -0.05) is 71.9 Å². The Hall–Kier alpha value is -5.77. The average molecular weight is 751 g/mol. The van der Waals surface area contributed by atoms with Crippen molar-refractivity contribution in [2.24, 2.45) is 0 Å². The van der Waals surface area contributed by atoms with E-state index in [1.165, 1.54) is 33.6 Å². The van der Waals surface area contributed by atoms with E-state index >= 15 is 0 Å². The number of benzene rings is 2. The number of carboxylic acid groups (broad SMARTS) is 1. The lowest BCUT2D eigenvalue weighted by Crippen LogP contribution is -2.38. The Bertz CT molecular complexity index is 2460. The number of carboxylic acids is 1. The number of anilines is 3. The second-order valence-electron chi connectivity index (χ2n) is 12.2. The molecule has 0 saturated carbocycles. The molecule has 2 amide bonds. The first kappa shape index (κ1) is 34.7. The van der Waals surface area contributed by atoms with Crippen LogP contribution in [0.25, 0.3) is 12.2 Å². The van der Waals surface area contributed by atoms with Gasteiger partial charge in [-0.3, -0.25) is 28.8 Å². The van der Waals surface area contributed by atoms with E-state index in [9.17, 15) is 24.3 Å². The number of nitrogens with one attached hydrogen (secondary N) is 1. The van der Waals surface area contributed by atoms with Crippen LogP contribution < -0.4 is 15.5 Å². The summed E-state index contributed by atoms with van der Waals surface area (Å²) in [6.45, 7) is 5.13. The zero-order valence-electron chi connectivity index (χ0n) is 28.0. The van der Waals surface area contributed by atoms with E-state index in [1.807, 2.05) is 13.8 Å². The van der Waals surface area contributed by atoms with Crippen LogP contribution in [0.1, 0.15) is 68.0 Å². The molecule has 12 nitrogen and oxygen atoms in total. The summed E-state index contributed by atoms with van der Waals surface area (Å²) in [6.07, 6.45) is 6.94. The fourth-order valence-electron chi connectivity index (χ4n) is 6.13. The van der Waals surface area contributed by atoms with Gasteiger partial charge >= 0.3 is 11.7 Å². The molecule has 6 aromatic rings. The van der Waals surface area contributed by atoms with Gasteiger partial charge in [0.15, 0.2) is 21.8 Å². The third kappa shape index (κ3) is 6.80. The SMILES string of the molecule is CC(=O)N(c1csc(N(Cn2cc(C3c4ccc(C)cc4C=Cc4cc(C)ccc43)c(=S)[nH]c2=O)C(=O)c2ccco2)n1)c1nc(CC(=O)O)cs1. The highest BCUT2D eigenvalue weighted by molar-refractivity contribution is 7.71. The van der Waals surface area contributed by atoms with Crippen LogP contribution >= 0.6 is 34.9 Å². The van der Waals surface area contributed by atoms with Gasteiger partial charge in [-0.25, -0.2) is 19.7 Å². The lowest BCUT2D eigenvalue weighted by molar-refractivity contribution is -0.136. The molecule has 0 saturated heterocycles. The zero-order valence-corrected chi connectivity index (χ0v) is 30.5. The van der Waals surface area contributed by atoms with Crippen LogP contribution in [0, 0.1) is 18.5 Å². The van der Waals surface area contributed by atoms with Crippen molar-refractivity contribution in [1.29, 1.82) is 0 Å². The van der Waals surface area contributed by atoms with Gasteiger partial charge in [0.2, 0.25) is 5.91 Å². The van der Waals surface area contributed by atoms with E-state index in [4.69, 9.17) is 16.6 Å². The number of H-pyrrole nitrogens is 1. The number of fused-ring (bicyclic) bond motifs is 2. The average Bonchev–Trinajstić information content (AvgIpc) is 3.87. The maximum atomic E-state index is 14.0. The number of carbonyl (C=O) groups is 3. The normalized spacial score (nSPS) is 12.2. The van der Waals surface area contributed by atoms with E-state index < -0.39 is 23.5 Å². The van der Waals surface area contributed by atoms with Crippen LogP contribution in [0.15, 0.2) is 81.0 Å². The molecule has 52 heavy (non-hydrogen) atoms. The molecule has 0 atom stereocenters. The quantitative estimate of drug-likeness (QED) is 0.145. The standard InChI is InChI=1S/C37H30N6O6S3/c1-20-6-10-26-23(13-20)8-9-24-14-21(2)7-11-27(24)32(26)28-16-41(35(48)40-33(28)50)19-42(34(47)29-5-4-12-49-29)36-39-30(18-52-36)43(22(3)44)37-38-25(17-51-37)15-31(45)46/h4-14,16-18,32H,15,19H2,1-3H3,(H,45,46)(H,40,48,50). The molecule has 15 heteroatoms. The molecule has 0 bridgehead atoms. The topological polar surface area (TPSA) is 155 Å². The van der Waals surface area contributed by atoms with E-state index in [2.05, 4.69) is 63.5 Å². The number of rotatable bonds is 9. The summed E-state index contributed by atoms with van der Waals surface area (Å²) in [4.78, 5) is 66.0.